The van der Waals surface area contributed by atoms with Gasteiger partial charge in [0, 0.05) is 22.6 Å². The predicted molar refractivity (Wildman–Crippen MR) is 99.8 cm³/mol. The first-order valence-corrected chi connectivity index (χ1v) is 7.93. The van der Waals surface area contributed by atoms with Gasteiger partial charge in [0.15, 0.2) is 11.5 Å². The monoisotopic (exact) mass is 371 g/mol. The number of benzene rings is 2. The van der Waals surface area contributed by atoms with Crippen LogP contribution in [0.25, 0.3) is 17.0 Å². The van der Waals surface area contributed by atoms with Crippen molar-refractivity contribution < 1.29 is 19.1 Å². The molecule has 0 spiro atoms. The molecule has 26 heavy (non-hydrogen) atoms. The molecular formula is C19H14ClNO5. The zero-order valence-electron chi connectivity index (χ0n) is 13.7. The summed E-state index contributed by atoms with van der Waals surface area (Å²) in [5.74, 6) is -0.408. The normalized spacial score (nSPS) is 11.0. The number of methoxy groups -OCH3 is 1. The molecule has 1 heterocycles. The second-order valence-corrected chi connectivity index (χ2v) is 5.82. The van der Waals surface area contributed by atoms with E-state index in [1.807, 2.05) is 0 Å². The SMILES string of the molecule is COc1cc2cc(NC(=O)/C=C/c3ccc(Cl)cc3)c(=O)oc2cc1O. The van der Waals surface area contributed by atoms with Crippen molar-refractivity contribution in [2.75, 3.05) is 12.4 Å². The summed E-state index contributed by atoms with van der Waals surface area (Å²) in [5, 5.41) is 13.3. The number of phenols is 1. The van der Waals surface area contributed by atoms with Gasteiger partial charge in [-0.1, -0.05) is 23.7 Å². The number of hydrogen-bond donors (Lipinski definition) is 2. The number of nitrogens with one attached hydrogen (secondary N) is 1. The maximum atomic E-state index is 12.0. The molecule has 0 bridgehead atoms. The van der Waals surface area contributed by atoms with Crippen molar-refractivity contribution in [3.63, 3.8) is 0 Å². The van der Waals surface area contributed by atoms with Gasteiger partial charge in [-0.2, -0.15) is 0 Å². The number of anilines is 1. The minimum absolute atomic E-state index is 0.0176. The van der Waals surface area contributed by atoms with Crippen LogP contribution in [-0.4, -0.2) is 18.1 Å². The molecule has 0 unspecified atom stereocenters. The summed E-state index contributed by atoms with van der Waals surface area (Å²) in [7, 11) is 1.41. The van der Waals surface area contributed by atoms with Gasteiger partial charge in [0.05, 0.1) is 7.11 Å². The smallest absolute Gasteiger partial charge is 0.360 e. The lowest BCUT2D eigenvalue weighted by molar-refractivity contribution is -0.111. The third-order valence-electron chi connectivity index (χ3n) is 3.59. The first kappa shape index (κ1) is 17.6. The van der Waals surface area contributed by atoms with Crippen LogP contribution in [-0.2, 0) is 4.79 Å². The van der Waals surface area contributed by atoms with Crippen LogP contribution in [0.5, 0.6) is 11.5 Å². The number of halogens is 1. The van der Waals surface area contributed by atoms with Crippen LogP contribution in [0, 0.1) is 0 Å². The quantitative estimate of drug-likeness (QED) is 0.537. The summed E-state index contributed by atoms with van der Waals surface area (Å²) >= 11 is 5.81. The largest absolute Gasteiger partial charge is 0.504 e. The van der Waals surface area contributed by atoms with Crippen molar-refractivity contribution in [2.45, 2.75) is 0 Å². The van der Waals surface area contributed by atoms with E-state index in [0.717, 1.165) is 5.56 Å². The number of phenolic OH excluding ortho intramolecular Hbond substituents is 1. The number of hydrogen-bond acceptors (Lipinski definition) is 5. The molecule has 0 aliphatic heterocycles. The number of ether oxygens (including phenoxy) is 1. The van der Waals surface area contributed by atoms with E-state index in [1.165, 1.54) is 31.4 Å². The number of carbonyl (C=O) groups excluding carboxylic acids is 1. The summed E-state index contributed by atoms with van der Waals surface area (Å²) in [5.41, 5.74) is 0.227. The molecule has 0 radical (unpaired) electrons. The van der Waals surface area contributed by atoms with Gasteiger partial charge in [-0.05, 0) is 35.9 Å². The van der Waals surface area contributed by atoms with Crippen molar-refractivity contribution in [2.24, 2.45) is 0 Å². The molecule has 2 N–H and O–H groups in total. The number of fused-ring (bicyclic) bond motifs is 1. The molecule has 6 nitrogen and oxygen atoms in total. The van der Waals surface area contributed by atoms with Gasteiger partial charge in [-0.25, -0.2) is 4.79 Å². The van der Waals surface area contributed by atoms with Crippen molar-refractivity contribution >= 4 is 40.2 Å². The van der Waals surface area contributed by atoms with Gasteiger partial charge in [0.25, 0.3) is 0 Å². The van der Waals surface area contributed by atoms with Gasteiger partial charge < -0.3 is 19.6 Å². The van der Waals surface area contributed by atoms with Crippen LogP contribution in [0.15, 0.2) is 57.8 Å². The Hall–Kier alpha value is -3.25. The maximum absolute atomic E-state index is 12.0. The van der Waals surface area contributed by atoms with E-state index in [1.54, 1.807) is 30.3 Å². The second-order valence-electron chi connectivity index (χ2n) is 5.38. The molecule has 7 heteroatoms. The molecule has 0 aliphatic carbocycles. The fraction of sp³-hybridized carbons (Fsp3) is 0.0526. The highest BCUT2D eigenvalue weighted by molar-refractivity contribution is 6.30. The number of rotatable bonds is 4. The Kier molecular flexibility index (Phi) is 4.95. The number of aromatic hydroxyl groups is 1. The van der Waals surface area contributed by atoms with Crippen molar-refractivity contribution in [1.82, 2.24) is 0 Å². The molecule has 1 aromatic heterocycles. The summed E-state index contributed by atoms with van der Waals surface area (Å²) in [6.07, 6.45) is 2.89. The van der Waals surface area contributed by atoms with Crippen LogP contribution < -0.4 is 15.7 Å². The van der Waals surface area contributed by atoms with E-state index in [0.29, 0.717) is 10.4 Å². The van der Waals surface area contributed by atoms with Crippen LogP contribution in [0.4, 0.5) is 5.69 Å². The standard InChI is InChI=1S/C19H14ClNO5/c1-25-17-9-12-8-14(19(24)26-16(12)10-15(17)22)21-18(23)7-4-11-2-5-13(20)6-3-11/h2-10,22H,1H3,(H,21,23)/b7-4+. The van der Waals surface area contributed by atoms with Crippen LogP contribution in [0.1, 0.15) is 5.56 Å². The molecule has 1 amide bonds. The lowest BCUT2D eigenvalue weighted by Gasteiger charge is -2.06. The van der Waals surface area contributed by atoms with Crippen LogP contribution in [0.3, 0.4) is 0 Å². The van der Waals surface area contributed by atoms with E-state index < -0.39 is 11.5 Å². The predicted octanol–water partition coefficient (Wildman–Crippen LogP) is 3.81. The minimum Gasteiger partial charge on any atom is -0.504 e. The zero-order chi connectivity index (χ0) is 18.7. The average Bonchev–Trinajstić information content (AvgIpc) is 2.62. The van der Waals surface area contributed by atoms with Gasteiger partial charge >= 0.3 is 5.63 Å². The fourth-order valence-corrected chi connectivity index (χ4v) is 2.43. The Morgan fingerprint density at radius 2 is 1.96 bits per heavy atom. The first-order valence-electron chi connectivity index (χ1n) is 7.56. The molecule has 2 aromatic carbocycles. The highest BCUT2D eigenvalue weighted by atomic mass is 35.5. The topological polar surface area (TPSA) is 88.8 Å². The van der Waals surface area contributed by atoms with Gasteiger partial charge in [0.2, 0.25) is 5.91 Å². The third kappa shape index (κ3) is 3.87. The van der Waals surface area contributed by atoms with Crippen LogP contribution >= 0.6 is 11.6 Å². The van der Waals surface area contributed by atoms with E-state index in [9.17, 15) is 14.7 Å². The van der Waals surface area contributed by atoms with Gasteiger partial charge in [-0.3, -0.25) is 4.79 Å². The molecule has 0 atom stereocenters. The molecule has 3 rings (SSSR count). The molecule has 0 saturated heterocycles. The molecule has 3 aromatic rings. The third-order valence-corrected chi connectivity index (χ3v) is 3.84. The lowest BCUT2D eigenvalue weighted by Crippen LogP contribution is -2.15. The zero-order valence-corrected chi connectivity index (χ0v) is 14.4. The van der Waals surface area contributed by atoms with E-state index >= 15 is 0 Å². The summed E-state index contributed by atoms with van der Waals surface area (Å²) < 4.78 is 10.1. The first-order chi connectivity index (χ1) is 12.5. The van der Waals surface area contributed by atoms with Crippen molar-refractivity contribution in [3.05, 3.63) is 69.5 Å². The molecule has 0 fully saturated rings. The summed E-state index contributed by atoms with van der Waals surface area (Å²) in [6, 6.07) is 11.2. The number of amides is 1. The second kappa shape index (κ2) is 7.33. The molecule has 132 valence electrons. The maximum Gasteiger partial charge on any atom is 0.360 e. The van der Waals surface area contributed by atoms with E-state index in [2.05, 4.69) is 5.32 Å². The Labute approximate surface area is 153 Å². The van der Waals surface area contributed by atoms with E-state index in [-0.39, 0.29) is 22.8 Å². The van der Waals surface area contributed by atoms with Gasteiger partial charge in [0.1, 0.15) is 11.3 Å². The summed E-state index contributed by atoms with van der Waals surface area (Å²) in [6.45, 7) is 0. The van der Waals surface area contributed by atoms with Crippen LogP contribution in [0.2, 0.25) is 5.02 Å². The minimum atomic E-state index is -0.727. The summed E-state index contributed by atoms with van der Waals surface area (Å²) in [4.78, 5) is 24.1. The van der Waals surface area contributed by atoms with Crippen molar-refractivity contribution in [1.29, 1.82) is 0 Å². The highest BCUT2D eigenvalue weighted by Crippen LogP contribution is 2.31. The molecule has 0 aliphatic rings. The lowest BCUT2D eigenvalue weighted by atomic mass is 10.2. The molecule has 0 saturated carbocycles. The van der Waals surface area contributed by atoms with Gasteiger partial charge in [-0.15, -0.1) is 0 Å². The average molecular weight is 372 g/mol. The Balaban J connectivity index is 1.84. The highest BCUT2D eigenvalue weighted by Gasteiger charge is 2.11. The fourth-order valence-electron chi connectivity index (χ4n) is 2.31. The van der Waals surface area contributed by atoms with E-state index in [4.69, 9.17) is 20.8 Å². The Bertz CT molecular complexity index is 1050. The Morgan fingerprint density at radius 1 is 1.23 bits per heavy atom. The Morgan fingerprint density at radius 3 is 2.65 bits per heavy atom. The number of carbonyl (C=O) groups is 1. The van der Waals surface area contributed by atoms with Crippen molar-refractivity contribution in [3.8, 4) is 11.5 Å². The molecular weight excluding hydrogens is 358 g/mol.